The Morgan fingerprint density at radius 3 is 0.970 bits per heavy atom. The van der Waals surface area contributed by atoms with E-state index in [0.717, 1.165) is 128 Å². The Morgan fingerprint density at radius 1 is 0.300 bits per heavy atom. The highest BCUT2D eigenvalue weighted by molar-refractivity contribution is 7.47. The molecule has 0 aliphatic carbocycles. The number of rotatable bonds is 65. The minimum atomic E-state index is -5.03. The zero-order valence-corrected chi connectivity index (χ0v) is 62.6. The lowest BCUT2D eigenvalue weighted by molar-refractivity contribution is -0.160. The lowest BCUT2D eigenvalue weighted by Crippen LogP contribution is -2.30. The number of allylic oxidation sites excluding steroid dienone is 32. The molecule has 0 aliphatic rings. The Kier molecular flexibility index (Phi) is 66.5. The van der Waals surface area contributed by atoms with Gasteiger partial charge in [0.2, 0.25) is 0 Å². The van der Waals surface area contributed by atoms with Crippen LogP contribution in [0.25, 0.3) is 0 Å². The third-order valence-corrected chi connectivity index (χ3v) is 15.7. The molecule has 5 atom stereocenters. The van der Waals surface area contributed by atoms with Crippen molar-refractivity contribution in [2.45, 2.75) is 239 Å². The molecule has 17 nitrogen and oxygen atoms in total. The predicted molar refractivity (Wildman–Crippen MR) is 408 cm³/mol. The monoisotopic (exact) mass is 1430 g/mol. The van der Waals surface area contributed by atoms with E-state index < -0.39 is 97.5 Å². The highest BCUT2D eigenvalue weighted by atomic mass is 31.2. The van der Waals surface area contributed by atoms with Gasteiger partial charge in [-0.25, -0.2) is 9.13 Å². The maximum atomic E-state index is 13.0. The van der Waals surface area contributed by atoms with Crippen LogP contribution in [0.5, 0.6) is 0 Å². The van der Waals surface area contributed by atoms with Crippen LogP contribution in [0.3, 0.4) is 0 Å². The average Bonchev–Trinajstić information content (AvgIpc) is 0.985. The zero-order valence-electron chi connectivity index (χ0n) is 60.8. The van der Waals surface area contributed by atoms with Crippen molar-refractivity contribution in [2.24, 2.45) is 0 Å². The number of carbonyl (C=O) groups is 4. The fraction of sp³-hybridized carbons (Fsp3) is 0.531. The van der Waals surface area contributed by atoms with Crippen LogP contribution in [0.15, 0.2) is 207 Å². The van der Waals surface area contributed by atoms with Gasteiger partial charge in [0.15, 0.2) is 12.2 Å². The first-order valence-electron chi connectivity index (χ1n) is 36.3. The van der Waals surface area contributed by atoms with E-state index in [0.29, 0.717) is 32.1 Å². The summed E-state index contributed by atoms with van der Waals surface area (Å²) in [6, 6.07) is 0. The van der Waals surface area contributed by atoms with Crippen molar-refractivity contribution in [3.05, 3.63) is 207 Å². The number of esters is 4. The molecule has 0 aromatic rings. The van der Waals surface area contributed by atoms with E-state index in [4.69, 9.17) is 37.0 Å². The van der Waals surface area contributed by atoms with E-state index in [2.05, 4.69) is 167 Å². The molecule has 0 bridgehead atoms. The summed E-state index contributed by atoms with van der Waals surface area (Å²) in [6.07, 6.45) is 87.8. The van der Waals surface area contributed by atoms with Crippen molar-refractivity contribution in [3.8, 4) is 0 Å². The third kappa shape index (κ3) is 70.1. The van der Waals surface area contributed by atoms with Crippen molar-refractivity contribution in [2.75, 3.05) is 39.6 Å². The SMILES string of the molecule is CC/C=C\C/C=C\C/C=C\C/C=C\C/C=C\C/C=C\CCC(=O)OCC(COP(=O)(O)OCC(O)COP(=O)(O)OCC(COC(=O)C/C=C\C/C=C\C/C=C\C/C=C\C/C=C\CC)OC(=O)CCCCCCC/C=C\CCCC)OC(=O)C/C=C\C/C=C\C/C=C\C/C=C\C/C=C\CC. The molecule has 0 rings (SSSR count). The molecule has 0 saturated heterocycles. The van der Waals surface area contributed by atoms with Crippen LogP contribution >= 0.6 is 15.6 Å². The van der Waals surface area contributed by atoms with Crippen LogP contribution in [0.1, 0.15) is 220 Å². The lowest BCUT2D eigenvalue weighted by atomic mass is 10.1. The zero-order chi connectivity index (χ0) is 73.2. The normalized spacial score (nSPS) is 15.2. The molecule has 0 saturated carbocycles. The summed E-state index contributed by atoms with van der Waals surface area (Å²) in [5, 5.41) is 10.6. The molecule has 0 aromatic heterocycles. The van der Waals surface area contributed by atoms with Crippen molar-refractivity contribution >= 4 is 39.5 Å². The van der Waals surface area contributed by atoms with Crippen molar-refractivity contribution in [1.29, 1.82) is 0 Å². The molecule has 0 spiro atoms. The van der Waals surface area contributed by atoms with Gasteiger partial charge in [0.25, 0.3) is 0 Å². The molecule has 100 heavy (non-hydrogen) atoms. The van der Waals surface area contributed by atoms with Gasteiger partial charge in [-0.15, -0.1) is 0 Å². The van der Waals surface area contributed by atoms with E-state index in [1.165, 1.54) is 6.42 Å². The summed E-state index contributed by atoms with van der Waals surface area (Å²) in [7, 11) is -10.0. The quantitative estimate of drug-likeness (QED) is 0.0169. The van der Waals surface area contributed by atoms with E-state index in [9.17, 15) is 43.2 Å². The molecule has 560 valence electrons. The second-order valence-electron chi connectivity index (χ2n) is 23.1. The van der Waals surface area contributed by atoms with Gasteiger partial charge >= 0.3 is 39.5 Å². The van der Waals surface area contributed by atoms with Crippen molar-refractivity contribution in [1.82, 2.24) is 0 Å². The fourth-order valence-corrected chi connectivity index (χ4v) is 9.95. The van der Waals surface area contributed by atoms with Crippen LogP contribution in [0, 0.1) is 0 Å². The molecule has 0 heterocycles. The van der Waals surface area contributed by atoms with Gasteiger partial charge in [0.05, 0.1) is 39.3 Å². The smallest absolute Gasteiger partial charge is 0.462 e. The van der Waals surface area contributed by atoms with Crippen LogP contribution in [-0.2, 0) is 65.4 Å². The molecule has 19 heteroatoms. The number of carbonyl (C=O) groups excluding carboxylic acids is 4. The van der Waals surface area contributed by atoms with Gasteiger partial charge in [-0.3, -0.25) is 37.3 Å². The van der Waals surface area contributed by atoms with E-state index in [1.54, 1.807) is 18.2 Å². The Bertz CT molecular complexity index is 2720. The number of aliphatic hydroxyl groups excluding tert-OH is 1. The number of hydrogen-bond donors (Lipinski definition) is 3. The van der Waals surface area contributed by atoms with Crippen molar-refractivity contribution < 1.29 is 80.2 Å². The second-order valence-corrected chi connectivity index (χ2v) is 26.0. The molecule has 0 fully saturated rings. The fourth-order valence-electron chi connectivity index (χ4n) is 8.37. The Labute approximate surface area is 601 Å². The highest BCUT2D eigenvalue weighted by Gasteiger charge is 2.30. The van der Waals surface area contributed by atoms with E-state index >= 15 is 0 Å². The molecule has 0 amide bonds. The number of unbranched alkanes of at least 4 members (excludes halogenated alkanes) is 7. The lowest BCUT2D eigenvalue weighted by Gasteiger charge is -2.21. The van der Waals surface area contributed by atoms with Gasteiger partial charge in [-0.05, 0) is 135 Å². The van der Waals surface area contributed by atoms with Crippen LogP contribution < -0.4 is 0 Å². The summed E-state index contributed by atoms with van der Waals surface area (Å²) in [6.45, 7) is 4.08. The molecular weight excluding hydrogens is 1310 g/mol. The number of hydrogen-bond acceptors (Lipinski definition) is 15. The second kappa shape index (κ2) is 71.1. The van der Waals surface area contributed by atoms with Crippen LogP contribution in [-0.4, -0.2) is 96.7 Å². The van der Waals surface area contributed by atoms with Crippen LogP contribution in [0.4, 0.5) is 0 Å². The van der Waals surface area contributed by atoms with Gasteiger partial charge in [0, 0.05) is 12.8 Å². The standard InChI is InChI=1S/C81H124O17P2/c1-5-9-13-17-21-25-29-32-35-36-37-38-41-43-47-50-54-58-62-66-79(84)92-72-77(98-81(86)68-64-60-56-52-48-44-40-34-31-27-23-19-15-11-7-3)74-96-100(89,90)94-70-75(82)69-93-99(87,88)95-73-76(97-80(85)67-63-59-55-51-45-28-24-20-16-12-8-4)71-91-78(83)65-61-57-53-49-46-42-39-33-30-26-22-18-14-10-6-2/h9-11,13-15,20-27,32-35,37-40,43,46-49,52,54,57-58,60-61,64,75-77,82H,5-8,12,16-19,28-31,36,41-42,44-45,50-51,53,55-56,59,62-63,65-74H2,1-4H3,(H,87,88)(H,89,90)/b13-9-,14-10-,15-11-,24-20-,25-21-,26-22-,27-23-,35-32-,38-37-,39-33-,40-34-,47-43-,49-46-,52-48-,58-54-,61-57-,64-60-. The maximum Gasteiger partial charge on any atom is 0.472 e. The molecule has 0 aromatic carbocycles. The first-order valence-corrected chi connectivity index (χ1v) is 39.3. The first-order chi connectivity index (χ1) is 48.7. The molecule has 3 N–H and O–H groups in total. The summed E-state index contributed by atoms with van der Waals surface area (Å²) < 4.78 is 67.9. The van der Waals surface area contributed by atoms with Crippen LogP contribution in [0.2, 0.25) is 0 Å². The number of ether oxygens (including phenoxy) is 4. The predicted octanol–water partition coefficient (Wildman–Crippen LogP) is 20.8. The number of phosphoric ester groups is 2. The average molecular weight is 1430 g/mol. The minimum Gasteiger partial charge on any atom is -0.462 e. The number of aliphatic hydroxyl groups is 1. The summed E-state index contributed by atoms with van der Waals surface area (Å²) in [5.74, 6) is -2.62. The summed E-state index contributed by atoms with van der Waals surface area (Å²) in [4.78, 5) is 72.5. The Hall–Kier alpha value is -6.36. The van der Waals surface area contributed by atoms with Gasteiger partial charge in [-0.2, -0.15) is 0 Å². The molecule has 0 radical (unpaired) electrons. The summed E-state index contributed by atoms with van der Waals surface area (Å²) in [5.41, 5.74) is 0. The van der Waals surface area contributed by atoms with Crippen molar-refractivity contribution in [3.63, 3.8) is 0 Å². The summed E-state index contributed by atoms with van der Waals surface area (Å²) >= 11 is 0. The number of phosphoric acid groups is 2. The minimum absolute atomic E-state index is 0.00567. The molecule has 0 aliphatic heterocycles. The van der Waals surface area contributed by atoms with Gasteiger partial charge in [0.1, 0.15) is 19.3 Å². The van der Waals surface area contributed by atoms with Gasteiger partial charge in [-0.1, -0.05) is 266 Å². The largest absolute Gasteiger partial charge is 0.472 e. The highest BCUT2D eigenvalue weighted by Crippen LogP contribution is 2.45. The third-order valence-electron chi connectivity index (χ3n) is 13.8. The topological polar surface area (TPSA) is 237 Å². The Balaban J connectivity index is 5.56. The molecule has 5 unspecified atom stereocenters. The maximum absolute atomic E-state index is 13.0. The molecular formula is C81H124O17P2. The Morgan fingerprint density at radius 2 is 0.590 bits per heavy atom. The van der Waals surface area contributed by atoms with Gasteiger partial charge < -0.3 is 33.8 Å². The van der Waals surface area contributed by atoms with E-state index in [-0.39, 0.29) is 25.7 Å². The first kappa shape index (κ1) is 93.6. The van der Waals surface area contributed by atoms with E-state index in [1.807, 2.05) is 48.6 Å².